The first-order chi connectivity index (χ1) is 8.24. The number of hydrogen-bond donors (Lipinski definition) is 0. The molecule has 0 saturated carbocycles. The van der Waals surface area contributed by atoms with Crippen LogP contribution in [-0.4, -0.2) is 30.4 Å². The fourth-order valence-electron chi connectivity index (χ4n) is 1.29. The van der Waals surface area contributed by atoms with Crippen molar-refractivity contribution >= 4 is 23.5 Å². The highest BCUT2D eigenvalue weighted by Gasteiger charge is 2.05. The predicted octanol–water partition coefficient (Wildman–Crippen LogP) is 2.56. The summed E-state index contributed by atoms with van der Waals surface area (Å²) in [6, 6.07) is 9.25. The van der Waals surface area contributed by atoms with Crippen LogP contribution in [0.15, 0.2) is 30.3 Å². The fourth-order valence-corrected chi connectivity index (χ4v) is 2.14. The molecule has 0 spiro atoms. The molecular formula is C13H16O3S. The molecule has 0 atom stereocenters. The van der Waals surface area contributed by atoms with E-state index in [1.807, 2.05) is 30.3 Å². The normalized spacial score (nSPS) is 9.94. The van der Waals surface area contributed by atoms with Crippen molar-refractivity contribution in [2.24, 2.45) is 0 Å². The quantitative estimate of drug-likeness (QED) is 0.425. The highest BCUT2D eigenvalue weighted by Crippen LogP contribution is 2.09. The zero-order chi connectivity index (χ0) is 12.5. The van der Waals surface area contributed by atoms with E-state index in [1.165, 1.54) is 7.11 Å². The van der Waals surface area contributed by atoms with Crippen molar-refractivity contribution in [2.45, 2.75) is 12.8 Å². The molecule has 0 amide bonds. The van der Waals surface area contributed by atoms with Gasteiger partial charge in [-0.15, -0.1) is 0 Å². The summed E-state index contributed by atoms with van der Waals surface area (Å²) in [5.74, 6) is 1.39. The molecule has 0 fully saturated rings. The highest BCUT2D eigenvalue weighted by molar-refractivity contribution is 7.99. The lowest BCUT2D eigenvalue weighted by atomic mass is 10.1. The molecule has 17 heavy (non-hydrogen) atoms. The van der Waals surface area contributed by atoms with E-state index in [9.17, 15) is 9.59 Å². The molecular weight excluding hydrogens is 236 g/mol. The lowest BCUT2D eigenvalue weighted by Crippen LogP contribution is -2.03. The van der Waals surface area contributed by atoms with Gasteiger partial charge in [0.25, 0.3) is 0 Å². The minimum Gasteiger partial charge on any atom is -0.469 e. The molecule has 0 heterocycles. The Balaban J connectivity index is 2.15. The van der Waals surface area contributed by atoms with Crippen LogP contribution in [0.1, 0.15) is 23.2 Å². The highest BCUT2D eigenvalue weighted by atomic mass is 32.2. The Bertz CT molecular complexity index is 362. The monoisotopic (exact) mass is 252 g/mol. The van der Waals surface area contributed by atoms with Crippen molar-refractivity contribution in [1.82, 2.24) is 0 Å². The number of esters is 1. The topological polar surface area (TPSA) is 43.4 Å². The summed E-state index contributed by atoms with van der Waals surface area (Å²) in [7, 11) is 1.38. The molecule has 0 aliphatic carbocycles. The van der Waals surface area contributed by atoms with Gasteiger partial charge in [-0.1, -0.05) is 30.3 Å². The summed E-state index contributed by atoms with van der Waals surface area (Å²) in [4.78, 5) is 22.5. The Kier molecular flexibility index (Phi) is 6.40. The third-order valence-electron chi connectivity index (χ3n) is 2.25. The number of ether oxygens (including phenoxy) is 1. The van der Waals surface area contributed by atoms with Crippen LogP contribution in [0, 0.1) is 0 Å². The van der Waals surface area contributed by atoms with Gasteiger partial charge < -0.3 is 4.74 Å². The summed E-state index contributed by atoms with van der Waals surface area (Å²) >= 11 is 1.60. The maximum Gasteiger partial charge on any atom is 0.306 e. The molecule has 1 rings (SSSR count). The Hall–Kier alpha value is -1.29. The third kappa shape index (κ3) is 5.54. The summed E-state index contributed by atoms with van der Waals surface area (Å²) < 4.78 is 4.53. The van der Waals surface area contributed by atoms with Gasteiger partial charge in [-0.2, -0.15) is 11.8 Å². The average molecular weight is 252 g/mol. The van der Waals surface area contributed by atoms with Gasteiger partial charge in [0.2, 0.25) is 0 Å². The van der Waals surface area contributed by atoms with Gasteiger partial charge in [-0.25, -0.2) is 0 Å². The van der Waals surface area contributed by atoms with Crippen molar-refractivity contribution in [1.29, 1.82) is 0 Å². The molecule has 0 saturated heterocycles. The number of methoxy groups -OCH3 is 1. The van der Waals surface area contributed by atoms with E-state index in [0.717, 1.165) is 11.3 Å². The molecule has 0 aliphatic rings. The molecule has 0 aliphatic heterocycles. The maximum atomic E-state index is 11.7. The van der Waals surface area contributed by atoms with E-state index in [1.54, 1.807) is 11.8 Å². The van der Waals surface area contributed by atoms with Crippen LogP contribution in [0.3, 0.4) is 0 Å². The van der Waals surface area contributed by atoms with E-state index < -0.39 is 0 Å². The first-order valence-corrected chi connectivity index (χ1v) is 6.62. The molecule has 0 unspecified atom stereocenters. The summed E-state index contributed by atoms with van der Waals surface area (Å²) in [5.41, 5.74) is 0.751. The Morgan fingerprint density at radius 2 is 1.76 bits per heavy atom. The zero-order valence-corrected chi connectivity index (χ0v) is 10.7. The van der Waals surface area contributed by atoms with E-state index in [0.29, 0.717) is 18.6 Å². The van der Waals surface area contributed by atoms with Crippen LogP contribution in [-0.2, 0) is 9.53 Å². The number of rotatable bonds is 7. The first kappa shape index (κ1) is 13.8. The lowest BCUT2D eigenvalue weighted by molar-refractivity contribution is -0.140. The molecule has 0 bridgehead atoms. The molecule has 0 radical (unpaired) electrons. The average Bonchev–Trinajstić information content (AvgIpc) is 2.38. The van der Waals surface area contributed by atoms with E-state index in [-0.39, 0.29) is 11.8 Å². The summed E-state index contributed by atoms with van der Waals surface area (Å²) in [6.07, 6.45) is 0.913. The van der Waals surface area contributed by atoms with Crippen LogP contribution in [0.2, 0.25) is 0 Å². The van der Waals surface area contributed by atoms with Crippen LogP contribution in [0.5, 0.6) is 0 Å². The van der Waals surface area contributed by atoms with Gasteiger partial charge in [0.15, 0.2) is 5.78 Å². The molecule has 1 aromatic rings. The van der Waals surface area contributed by atoms with Gasteiger partial charge in [0, 0.05) is 23.5 Å². The molecule has 0 aromatic heterocycles. The van der Waals surface area contributed by atoms with Crippen molar-refractivity contribution < 1.29 is 14.3 Å². The fraction of sp³-hybridized carbons (Fsp3) is 0.385. The number of ketones is 1. The van der Waals surface area contributed by atoms with Gasteiger partial charge in [0.1, 0.15) is 0 Å². The third-order valence-corrected chi connectivity index (χ3v) is 3.23. The standard InChI is InChI=1S/C13H16O3S/c1-16-13(15)8-10-17-9-7-12(14)11-5-3-2-4-6-11/h2-6H,7-10H2,1H3. The number of thioether (sulfide) groups is 1. The van der Waals surface area contributed by atoms with Gasteiger partial charge in [-0.05, 0) is 0 Å². The predicted molar refractivity (Wildman–Crippen MR) is 69.3 cm³/mol. The number of carbonyl (C=O) groups excluding carboxylic acids is 2. The van der Waals surface area contributed by atoms with Crippen LogP contribution < -0.4 is 0 Å². The minimum absolute atomic E-state index is 0.149. The smallest absolute Gasteiger partial charge is 0.306 e. The van der Waals surface area contributed by atoms with E-state index in [2.05, 4.69) is 4.74 Å². The number of hydrogen-bond acceptors (Lipinski definition) is 4. The second kappa shape index (κ2) is 7.90. The van der Waals surface area contributed by atoms with Gasteiger partial charge in [0.05, 0.1) is 13.5 Å². The lowest BCUT2D eigenvalue weighted by Gasteiger charge is -2.01. The molecule has 4 heteroatoms. The molecule has 3 nitrogen and oxygen atoms in total. The Labute approximate surface area is 106 Å². The van der Waals surface area contributed by atoms with E-state index >= 15 is 0 Å². The SMILES string of the molecule is COC(=O)CCSCCC(=O)c1ccccc1. The van der Waals surface area contributed by atoms with Crippen LogP contribution in [0.4, 0.5) is 0 Å². The summed E-state index contributed by atoms with van der Waals surface area (Å²) in [6.45, 7) is 0. The molecule has 0 N–H and O–H groups in total. The number of Topliss-reactive ketones (excluding diaryl/α,β-unsaturated/α-hetero) is 1. The van der Waals surface area contributed by atoms with Gasteiger partial charge >= 0.3 is 5.97 Å². The van der Waals surface area contributed by atoms with Crippen LogP contribution in [0.25, 0.3) is 0 Å². The van der Waals surface area contributed by atoms with Crippen LogP contribution >= 0.6 is 11.8 Å². The minimum atomic E-state index is -0.202. The van der Waals surface area contributed by atoms with Gasteiger partial charge in [-0.3, -0.25) is 9.59 Å². The maximum absolute atomic E-state index is 11.7. The second-order valence-corrected chi connectivity index (χ2v) is 4.70. The van der Waals surface area contributed by atoms with Crippen molar-refractivity contribution in [3.8, 4) is 0 Å². The second-order valence-electron chi connectivity index (χ2n) is 3.48. The summed E-state index contributed by atoms with van der Waals surface area (Å²) in [5, 5.41) is 0. The Morgan fingerprint density at radius 1 is 1.12 bits per heavy atom. The molecule has 1 aromatic carbocycles. The van der Waals surface area contributed by atoms with Crippen molar-refractivity contribution in [2.75, 3.05) is 18.6 Å². The van der Waals surface area contributed by atoms with Crippen molar-refractivity contribution in [3.05, 3.63) is 35.9 Å². The zero-order valence-electron chi connectivity index (χ0n) is 9.85. The first-order valence-electron chi connectivity index (χ1n) is 5.47. The van der Waals surface area contributed by atoms with Crippen molar-refractivity contribution in [3.63, 3.8) is 0 Å². The largest absolute Gasteiger partial charge is 0.469 e. The Morgan fingerprint density at radius 3 is 2.41 bits per heavy atom. The number of carbonyl (C=O) groups is 2. The van der Waals surface area contributed by atoms with E-state index in [4.69, 9.17) is 0 Å². The molecule has 92 valence electrons. The number of benzene rings is 1.